The highest BCUT2D eigenvalue weighted by Crippen LogP contribution is 2.26. The normalized spacial score (nSPS) is 13.8. The van der Waals surface area contributed by atoms with E-state index in [9.17, 15) is 19.5 Å². The van der Waals surface area contributed by atoms with Crippen LogP contribution in [0, 0.1) is 15.4 Å². The number of benzene rings is 2. The van der Waals surface area contributed by atoms with Gasteiger partial charge in [-0.1, -0.05) is 12.0 Å². The van der Waals surface area contributed by atoms with Crippen molar-refractivity contribution in [3.8, 4) is 17.6 Å². The molecule has 0 saturated carbocycles. The number of aromatic hydroxyl groups is 1. The van der Waals surface area contributed by atoms with Crippen LogP contribution in [-0.4, -0.2) is 22.8 Å². The van der Waals surface area contributed by atoms with Gasteiger partial charge < -0.3 is 15.7 Å². The van der Waals surface area contributed by atoms with Crippen molar-refractivity contribution in [3.63, 3.8) is 0 Å². The van der Waals surface area contributed by atoms with E-state index >= 15 is 0 Å². The van der Waals surface area contributed by atoms with E-state index in [1.54, 1.807) is 43.5 Å². The lowest BCUT2D eigenvalue weighted by atomic mass is 9.95. The van der Waals surface area contributed by atoms with Gasteiger partial charge in [-0.25, -0.2) is 0 Å². The first-order valence-corrected chi connectivity index (χ1v) is 9.61. The predicted octanol–water partition coefficient (Wildman–Crippen LogP) is 2.36. The fourth-order valence-corrected chi connectivity index (χ4v) is 3.26. The third kappa shape index (κ3) is 4.75. The van der Waals surface area contributed by atoms with E-state index in [1.807, 2.05) is 0 Å². The van der Waals surface area contributed by atoms with Crippen molar-refractivity contribution in [2.24, 2.45) is 0 Å². The molecule has 0 spiro atoms. The molecule has 7 nitrogen and oxygen atoms in total. The van der Waals surface area contributed by atoms with Crippen LogP contribution in [0.5, 0.6) is 5.75 Å². The first-order valence-electron chi connectivity index (χ1n) is 8.54. The Bertz CT molecular complexity index is 1110. The van der Waals surface area contributed by atoms with Crippen LogP contribution in [0.4, 0.5) is 5.69 Å². The molecule has 3 rings (SSSR count). The summed E-state index contributed by atoms with van der Waals surface area (Å²) in [6, 6.07) is 10.1. The Kier molecular flexibility index (Phi) is 6.19. The second-order valence-corrected chi connectivity index (χ2v) is 7.34. The number of carbonyl (C=O) groups excluding carboxylic acids is 3. The first kappa shape index (κ1) is 20.4. The number of hydrogen-bond acceptors (Lipinski definition) is 5. The van der Waals surface area contributed by atoms with Crippen molar-refractivity contribution in [1.82, 2.24) is 10.6 Å². The lowest BCUT2D eigenvalue weighted by molar-refractivity contribution is -0.115. The molecule has 1 aliphatic heterocycles. The molecule has 0 bridgehead atoms. The van der Waals surface area contributed by atoms with Crippen LogP contribution in [0.1, 0.15) is 28.4 Å². The Balaban J connectivity index is 1.75. The summed E-state index contributed by atoms with van der Waals surface area (Å²) < 4.78 is 0.907. The van der Waals surface area contributed by atoms with Crippen molar-refractivity contribution in [3.05, 3.63) is 62.9 Å². The van der Waals surface area contributed by atoms with E-state index in [0.29, 0.717) is 23.2 Å². The fourth-order valence-electron chi connectivity index (χ4n) is 2.77. The molecule has 0 aromatic heterocycles. The average Bonchev–Trinajstić information content (AvgIpc) is 2.66. The topological polar surface area (TPSA) is 108 Å². The second kappa shape index (κ2) is 8.79. The van der Waals surface area contributed by atoms with Gasteiger partial charge in [-0.2, -0.15) is 0 Å². The molecular weight excluding hydrogens is 485 g/mol. The number of phenols is 1. The second-order valence-electron chi connectivity index (χ2n) is 6.09. The van der Waals surface area contributed by atoms with Crippen molar-refractivity contribution < 1.29 is 19.5 Å². The Hall–Kier alpha value is -3.32. The number of imide groups is 1. The van der Waals surface area contributed by atoms with Gasteiger partial charge in [-0.05, 0) is 71.3 Å². The van der Waals surface area contributed by atoms with E-state index in [1.165, 1.54) is 6.07 Å². The van der Waals surface area contributed by atoms with Crippen LogP contribution in [0.25, 0.3) is 5.57 Å². The minimum atomic E-state index is -0.510. The maximum Gasteiger partial charge on any atom is 0.300 e. The van der Waals surface area contributed by atoms with Crippen LogP contribution in [0.15, 0.2) is 42.6 Å². The molecule has 0 fully saturated rings. The van der Waals surface area contributed by atoms with Gasteiger partial charge in [-0.15, -0.1) is 0 Å². The molecule has 4 N–H and O–H groups in total. The van der Waals surface area contributed by atoms with E-state index in [2.05, 4.69) is 50.4 Å². The first-order chi connectivity index (χ1) is 13.9. The fraction of sp³-hybridized carbons (Fsp3) is 0.0952. The molecule has 0 unspecified atom stereocenters. The lowest BCUT2D eigenvalue weighted by Crippen LogP contribution is -2.37. The van der Waals surface area contributed by atoms with Crippen molar-refractivity contribution in [2.45, 2.75) is 13.5 Å². The van der Waals surface area contributed by atoms with Crippen molar-refractivity contribution in [1.29, 1.82) is 0 Å². The van der Waals surface area contributed by atoms with Crippen LogP contribution < -0.4 is 16.0 Å². The van der Waals surface area contributed by atoms with Gasteiger partial charge in [0.05, 0.1) is 11.3 Å². The van der Waals surface area contributed by atoms with Gasteiger partial charge in [-0.3, -0.25) is 19.7 Å². The summed E-state index contributed by atoms with van der Waals surface area (Å²) in [5.74, 6) is 3.31. The highest BCUT2D eigenvalue weighted by Gasteiger charge is 2.27. The molecule has 8 heteroatoms. The summed E-state index contributed by atoms with van der Waals surface area (Å²) in [6.07, 6.45) is 1.54. The molecule has 0 atom stereocenters. The number of hydrogen-bond donors (Lipinski definition) is 4. The third-order valence-corrected chi connectivity index (χ3v) is 4.76. The highest BCUT2D eigenvalue weighted by molar-refractivity contribution is 14.1. The number of carbonyl (C=O) groups is 3. The average molecular weight is 501 g/mol. The van der Waals surface area contributed by atoms with E-state index in [-0.39, 0.29) is 11.4 Å². The molecule has 2 aromatic rings. The molecule has 29 heavy (non-hydrogen) atoms. The molecule has 0 saturated heterocycles. The molecule has 1 heterocycles. The van der Waals surface area contributed by atoms with Gasteiger partial charge in [0.25, 0.3) is 17.7 Å². The standard InChI is InChI=1S/C21H16IN3O4/c1-2-3-19(27)24-17-7-4-12(8-18(17)26)10-23-11-16-15-9-13(22)5-6-14(15)20(28)25-21(16)29/h4-9,11,23,26H,10H2,1H3,(H,24,27)(H,25,28,29)/b16-11-. The Morgan fingerprint density at radius 3 is 2.69 bits per heavy atom. The zero-order valence-electron chi connectivity index (χ0n) is 15.3. The smallest absolute Gasteiger partial charge is 0.300 e. The van der Waals surface area contributed by atoms with Gasteiger partial charge in [0.15, 0.2) is 0 Å². The van der Waals surface area contributed by atoms with Crippen molar-refractivity contribution in [2.75, 3.05) is 5.32 Å². The molecule has 0 aliphatic carbocycles. The Morgan fingerprint density at radius 1 is 1.17 bits per heavy atom. The van der Waals surface area contributed by atoms with E-state index in [4.69, 9.17) is 0 Å². The minimum absolute atomic E-state index is 0.0934. The van der Waals surface area contributed by atoms with Crippen LogP contribution in [0.2, 0.25) is 0 Å². The molecule has 0 radical (unpaired) electrons. The van der Waals surface area contributed by atoms with Gasteiger partial charge in [0, 0.05) is 27.4 Å². The quantitative estimate of drug-likeness (QED) is 0.169. The van der Waals surface area contributed by atoms with E-state index < -0.39 is 17.7 Å². The largest absolute Gasteiger partial charge is 0.506 e. The Morgan fingerprint density at radius 2 is 1.97 bits per heavy atom. The molecule has 2 aromatic carbocycles. The summed E-state index contributed by atoms with van der Waals surface area (Å²) in [7, 11) is 0. The molecule has 146 valence electrons. The van der Waals surface area contributed by atoms with Crippen LogP contribution in [-0.2, 0) is 16.1 Å². The zero-order chi connectivity index (χ0) is 21.0. The molecule has 3 amide bonds. The summed E-state index contributed by atoms with van der Waals surface area (Å²) in [4.78, 5) is 35.7. The van der Waals surface area contributed by atoms with Crippen LogP contribution in [0.3, 0.4) is 0 Å². The number of amides is 3. The van der Waals surface area contributed by atoms with Gasteiger partial charge >= 0.3 is 0 Å². The van der Waals surface area contributed by atoms with Gasteiger partial charge in [0.2, 0.25) is 0 Å². The summed E-state index contributed by atoms with van der Waals surface area (Å²) in [5.41, 5.74) is 2.34. The number of rotatable bonds is 4. The number of halogens is 1. The number of fused-ring (bicyclic) bond motifs is 1. The third-order valence-electron chi connectivity index (χ3n) is 4.09. The van der Waals surface area contributed by atoms with Crippen LogP contribution >= 0.6 is 22.6 Å². The summed E-state index contributed by atoms with van der Waals surface area (Å²) >= 11 is 2.12. The summed E-state index contributed by atoms with van der Waals surface area (Å²) in [5, 5.41) is 17.9. The maximum atomic E-state index is 12.2. The minimum Gasteiger partial charge on any atom is -0.506 e. The van der Waals surface area contributed by atoms with Crippen molar-refractivity contribution >= 4 is 51.6 Å². The lowest BCUT2D eigenvalue weighted by Gasteiger charge is -2.18. The highest BCUT2D eigenvalue weighted by atomic mass is 127. The maximum absolute atomic E-state index is 12.2. The van der Waals surface area contributed by atoms with Gasteiger partial charge in [0.1, 0.15) is 5.75 Å². The molecular formula is C21H16IN3O4. The number of anilines is 1. The number of phenolic OH excluding ortho intramolecular Hbond substituents is 1. The Labute approximate surface area is 180 Å². The molecule has 1 aliphatic rings. The number of nitrogens with one attached hydrogen (secondary N) is 3. The summed E-state index contributed by atoms with van der Waals surface area (Å²) in [6.45, 7) is 1.87. The predicted molar refractivity (Wildman–Crippen MR) is 117 cm³/mol. The SMILES string of the molecule is CC#CC(=O)Nc1ccc(CN/C=C2\C(=O)NC(=O)c3ccc(I)cc32)cc1O. The van der Waals surface area contributed by atoms with E-state index in [0.717, 1.165) is 9.13 Å². The zero-order valence-corrected chi connectivity index (χ0v) is 17.5. The monoisotopic (exact) mass is 501 g/mol.